The summed E-state index contributed by atoms with van der Waals surface area (Å²) in [4.78, 5) is 19.4. The summed E-state index contributed by atoms with van der Waals surface area (Å²) < 4.78 is 57.1. The van der Waals surface area contributed by atoms with E-state index >= 15 is 0 Å². The Morgan fingerprint density at radius 1 is 1.08 bits per heavy atom. The Kier molecular flexibility index (Phi) is 6.49. The van der Waals surface area contributed by atoms with E-state index in [0.717, 1.165) is 25.7 Å². The molecule has 36 heavy (non-hydrogen) atoms. The van der Waals surface area contributed by atoms with E-state index < -0.39 is 17.5 Å². The molecule has 0 atom stereocenters. The van der Waals surface area contributed by atoms with Gasteiger partial charge in [0, 0.05) is 18.2 Å². The zero-order valence-corrected chi connectivity index (χ0v) is 19.2. The van der Waals surface area contributed by atoms with Crippen molar-refractivity contribution >= 4 is 28.7 Å². The fourth-order valence-corrected chi connectivity index (χ4v) is 4.14. The molecule has 2 aromatic carbocycles. The number of aromatic nitrogens is 4. The van der Waals surface area contributed by atoms with Crippen LogP contribution < -0.4 is 10.1 Å². The molecule has 1 fully saturated rings. The third kappa shape index (κ3) is 4.97. The maximum Gasteiger partial charge on any atom is 0.320 e. The quantitative estimate of drug-likeness (QED) is 0.260. The van der Waals surface area contributed by atoms with Crippen LogP contribution in [0.1, 0.15) is 32.6 Å². The Morgan fingerprint density at radius 2 is 1.86 bits per heavy atom. The van der Waals surface area contributed by atoms with Crippen LogP contribution >= 0.6 is 0 Å². The third-order valence-corrected chi connectivity index (χ3v) is 5.93. The van der Waals surface area contributed by atoms with Crippen LogP contribution in [0.5, 0.6) is 5.75 Å². The van der Waals surface area contributed by atoms with Crippen molar-refractivity contribution in [1.29, 1.82) is 0 Å². The number of fused-ring (bicyclic) bond motifs is 1. The molecule has 9 nitrogen and oxygen atoms in total. The van der Waals surface area contributed by atoms with E-state index in [-0.39, 0.29) is 41.4 Å². The summed E-state index contributed by atoms with van der Waals surface area (Å²) in [6.45, 7) is 2.19. The molecule has 0 unspecified atom stereocenters. The van der Waals surface area contributed by atoms with Gasteiger partial charge in [0.1, 0.15) is 11.6 Å². The first-order chi connectivity index (χ1) is 17.4. The molecule has 1 aliphatic carbocycles. The van der Waals surface area contributed by atoms with Crippen LogP contribution in [0.15, 0.2) is 34.7 Å². The second-order valence-electron chi connectivity index (χ2n) is 8.39. The highest BCUT2D eigenvalue weighted by Gasteiger charge is 2.28. The van der Waals surface area contributed by atoms with Crippen LogP contribution in [0.25, 0.3) is 22.7 Å². The van der Waals surface area contributed by atoms with Gasteiger partial charge in [-0.15, -0.1) is 5.10 Å². The number of ether oxygens (including phenoxy) is 2. The first-order valence-electron chi connectivity index (χ1n) is 11.5. The number of hydrogen-bond acceptors (Lipinski definition) is 8. The number of benzene rings is 2. The number of nitrogens with zero attached hydrogens (tertiary/aromatic N) is 3. The van der Waals surface area contributed by atoms with Crippen molar-refractivity contribution < 1.29 is 31.9 Å². The molecule has 0 radical (unpaired) electrons. The number of H-pyrrole nitrogens is 1. The summed E-state index contributed by atoms with van der Waals surface area (Å²) in [5.41, 5.74) is 0.941. The van der Waals surface area contributed by atoms with Crippen molar-refractivity contribution in [2.24, 2.45) is 5.92 Å². The number of aromatic amines is 1. The maximum atomic E-state index is 13.9. The standard InChI is InChI=1S/C24H22F3N5O4/c1-2-34-23(33)12-3-5-13(6-4-12)35-14-7-8-18-20(9-14)29-21(28-18)22-31-32-24(36-22)30-19-11-16(26)15(25)10-17(19)27/h7-13H,2-6H2,1H3,(H,28,29)(H,30,32). The molecule has 0 amide bonds. The molecule has 4 aromatic rings. The number of halogens is 3. The van der Waals surface area contributed by atoms with Gasteiger partial charge in [-0.05, 0) is 44.7 Å². The van der Waals surface area contributed by atoms with Gasteiger partial charge in [0.15, 0.2) is 17.5 Å². The summed E-state index contributed by atoms with van der Waals surface area (Å²) in [7, 11) is 0. The molecule has 2 aromatic heterocycles. The topological polar surface area (TPSA) is 115 Å². The molecular formula is C24H22F3N5O4. The van der Waals surface area contributed by atoms with Gasteiger partial charge in [-0.2, -0.15) is 0 Å². The Morgan fingerprint density at radius 3 is 2.64 bits per heavy atom. The van der Waals surface area contributed by atoms with Crippen LogP contribution in [-0.4, -0.2) is 38.8 Å². The monoisotopic (exact) mass is 501 g/mol. The lowest BCUT2D eigenvalue weighted by Crippen LogP contribution is -2.29. The lowest BCUT2D eigenvalue weighted by atomic mass is 9.87. The average molecular weight is 501 g/mol. The van der Waals surface area contributed by atoms with E-state index in [0.29, 0.717) is 35.5 Å². The van der Waals surface area contributed by atoms with Gasteiger partial charge in [-0.25, -0.2) is 18.2 Å². The summed E-state index contributed by atoms with van der Waals surface area (Å²) in [6, 6.07) is 6.23. The fraction of sp³-hybridized carbons (Fsp3) is 0.333. The minimum absolute atomic E-state index is 0.00298. The Bertz CT molecular complexity index is 1400. The van der Waals surface area contributed by atoms with Gasteiger partial charge in [-0.1, -0.05) is 5.10 Å². The average Bonchev–Trinajstić information content (AvgIpc) is 3.50. The van der Waals surface area contributed by atoms with Crippen LogP contribution in [0.3, 0.4) is 0 Å². The van der Waals surface area contributed by atoms with Gasteiger partial charge in [0.25, 0.3) is 5.89 Å². The van der Waals surface area contributed by atoms with Crippen LogP contribution in [0, 0.1) is 23.4 Å². The molecule has 1 saturated carbocycles. The van der Waals surface area contributed by atoms with Crippen LogP contribution in [0.2, 0.25) is 0 Å². The van der Waals surface area contributed by atoms with E-state index in [1.54, 1.807) is 25.1 Å². The number of hydrogen-bond donors (Lipinski definition) is 2. The number of imidazole rings is 1. The molecule has 5 rings (SSSR count). The zero-order valence-electron chi connectivity index (χ0n) is 19.2. The molecule has 0 aliphatic heterocycles. The molecular weight excluding hydrogens is 479 g/mol. The molecule has 0 bridgehead atoms. The SMILES string of the molecule is CCOC(=O)C1CCC(Oc2ccc3nc(-c4nnc(Nc5cc(F)c(F)cc5F)o4)[nH]c3c2)CC1. The Labute approximate surface area is 203 Å². The number of anilines is 2. The van der Waals surface area contributed by atoms with Crippen molar-refractivity contribution in [1.82, 2.24) is 20.2 Å². The number of carbonyl (C=O) groups is 1. The highest BCUT2D eigenvalue weighted by Crippen LogP contribution is 2.31. The first-order valence-corrected chi connectivity index (χ1v) is 11.5. The summed E-state index contributed by atoms with van der Waals surface area (Å²) in [6.07, 6.45) is 2.96. The van der Waals surface area contributed by atoms with Crippen molar-refractivity contribution in [2.45, 2.75) is 38.7 Å². The van der Waals surface area contributed by atoms with Gasteiger partial charge in [0.05, 0.1) is 35.3 Å². The molecule has 2 N–H and O–H groups in total. The van der Waals surface area contributed by atoms with Crippen LogP contribution in [-0.2, 0) is 9.53 Å². The molecule has 1 aliphatic rings. The highest BCUT2D eigenvalue weighted by atomic mass is 19.2. The summed E-state index contributed by atoms with van der Waals surface area (Å²) in [5.74, 6) is -2.83. The van der Waals surface area contributed by atoms with E-state index in [4.69, 9.17) is 13.9 Å². The van der Waals surface area contributed by atoms with Crippen molar-refractivity contribution in [3.8, 4) is 17.5 Å². The van der Waals surface area contributed by atoms with Gasteiger partial charge >= 0.3 is 12.0 Å². The van der Waals surface area contributed by atoms with E-state index in [2.05, 4.69) is 25.5 Å². The predicted octanol–water partition coefficient (Wildman–Crippen LogP) is 5.27. The number of carbonyl (C=O) groups excluding carboxylic acids is 1. The third-order valence-electron chi connectivity index (χ3n) is 5.93. The number of nitrogens with one attached hydrogen (secondary N) is 2. The molecule has 188 valence electrons. The van der Waals surface area contributed by atoms with Crippen molar-refractivity contribution in [3.05, 3.63) is 47.8 Å². The fourth-order valence-electron chi connectivity index (χ4n) is 4.14. The van der Waals surface area contributed by atoms with Gasteiger partial charge in [0.2, 0.25) is 0 Å². The minimum Gasteiger partial charge on any atom is -0.490 e. The largest absolute Gasteiger partial charge is 0.490 e. The summed E-state index contributed by atoms with van der Waals surface area (Å²) >= 11 is 0. The second kappa shape index (κ2) is 9.88. The highest BCUT2D eigenvalue weighted by molar-refractivity contribution is 5.79. The van der Waals surface area contributed by atoms with E-state index in [1.165, 1.54) is 0 Å². The van der Waals surface area contributed by atoms with E-state index in [9.17, 15) is 18.0 Å². The summed E-state index contributed by atoms with van der Waals surface area (Å²) in [5, 5.41) is 10.0. The van der Waals surface area contributed by atoms with Crippen molar-refractivity contribution in [3.63, 3.8) is 0 Å². The second-order valence-corrected chi connectivity index (χ2v) is 8.39. The van der Waals surface area contributed by atoms with Gasteiger partial charge < -0.3 is 24.2 Å². The Balaban J connectivity index is 1.25. The molecule has 2 heterocycles. The minimum atomic E-state index is -1.31. The molecule has 0 saturated heterocycles. The first kappa shape index (κ1) is 23.6. The lowest BCUT2D eigenvalue weighted by Gasteiger charge is -2.27. The zero-order chi connectivity index (χ0) is 25.2. The maximum absolute atomic E-state index is 13.9. The Hall–Kier alpha value is -4.09. The predicted molar refractivity (Wildman–Crippen MR) is 122 cm³/mol. The van der Waals surface area contributed by atoms with Crippen LogP contribution in [0.4, 0.5) is 24.9 Å². The van der Waals surface area contributed by atoms with Gasteiger partial charge in [-0.3, -0.25) is 4.79 Å². The normalized spacial score (nSPS) is 17.8. The number of rotatable bonds is 7. The van der Waals surface area contributed by atoms with Crippen molar-refractivity contribution in [2.75, 3.05) is 11.9 Å². The lowest BCUT2D eigenvalue weighted by molar-refractivity contribution is -0.149. The molecule has 12 heteroatoms. The molecule has 0 spiro atoms. The smallest absolute Gasteiger partial charge is 0.320 e. The number of esters is 1. The van der Waals surface area contributed by atoms with E-state index in [1.807, 2.05) is 0 Å².